The van der Waals surface area contributed by atoms with Gasteiger partial charge in [0.1, 0.15) is 5.69 Å². The molecule has 1 amide bonds. The van der Waals surface area contributed by atoms with E-state index < -0.39 is 23.2 Å². The third kappa shape index (κ3) is 3.11. The average molecular weight is 381 g/mol. The van der Waals surface area contributed by atoms with Gasteiger partial charge in [0, 0.05) is 4.47 Å². The van der Waals surface area contributed by atoms with Crippen molar-refractivity contribution in [1.82, 2.24) is 0 Å². The van der Waals surface area contributed by atoms with Crippen LogP contribution < -0.4 is 5.32 Å². The van der Waals surface area contributed by atoms with E-state index in [9.17, 15) is 13.6 Å². The highest BCUT2D eigenvalue weighted by Crippen LogP contribution is 2.28. The Balaban J connectivity index is 2.36. The average Bonchev–Trinajstić information content (AvgIpc) is 2.36. The summed E-state index contributed by atoms with van der Waals surface area (Å²) in [4.78, 5) is 12.0. The molecule has 0 aliphatic carbocycles. The largest absolute Gasteiger partial charge is 0.317 e. The van der Waals surface area contributed by atoms with Crippen LogP contribution in [0, 0.1) is 11.6 Å². The molecule has 2 aromatic carbocycles. The van der Waals surface area contributed by atoms with E-state index in [-0.39, 0.29) is 20.1 Å². The highest BCUT2D eigenvalue weighted by atomic mass is 79.9. The minimum Gasteiger partial charge on any atom is -0.317 e. The lowest BCUT2D eigenvalue weighted by atomic mass is 10.2. The maximum Gasteiger partial charge on any atom is 0.257 e. The van der Waals surface area contributed by atoms with Gasteiger partial charge < -0.3 is 5.32 Å². The summed E-state index contributed by atoms with van der Waals surface area (Å²) in [7, 11) is 0. The van der Waals surface area contributed by atoms with Crippen molar-refractivity contribution >= 4 is 50.7 Å². The van der Waals surface area contributed by atoms with E-state index in [1.54, 1.807) is 0 Å². The number of anilines is 1. The van der Waals surface area contributed by atoms with Crippen molar-refractivity contribution in [3.8, 4) is 0 Å². The van der Waals surface area contributed by atoms with Crippen molar-refractivity contribution in [3.63, 3.8) is 0 Å². The van der Waals surface area contributed by atoms with Crippen LogP contribution in [0.2, 0.25) is 10.0 Å². The number of hydrogen-bond donors (Lipinski definition) is 1. The van der Waals surface area contributed by atoms with Crippen molar-refractivity contribution in [2.24, 2.45) is 0 Å². The van der Waals surface area contributed by atoms with Gasteiger partial charge in [-0.3, -0.25) is 4.79 Å². The van der Waals surface area contributed by atoms with Crippen LogP contribution in [0.5, 0.6) is 0 Å². The summed E-state index contributed by atoms with van der Waals surface area (Å²) in [5.41, 5.74) is -0.518. The monoisotopic (exact) mass is 379 g/mol. The van der Waals surface area contributed by atoms with Gasteiger partial charge in [0.15, 0.2) is 11.6 Å². The van der Waals surface area contributed by atoms with Gasteiger partial charge in [-0.2, -0.15) is 0 Å². The third-order valence-electron chi connectivity index (χ3n) is 2.44. The molecule has 0 aliphatic heterocycles. The van der Waals surface area contributed by atoms with E-state index in [2.05, 4.69) is 21.2 Å². The fraction of sp³-hybridized carbons (Fsp3) is 0. The highest BCUT2D eigenvalue weighted by molar-refractivity contribution is 9.10. The lowest BCUT2D eigenvalue weighted by Gasteiger charge is -2.09. The molecule has 0 saturated heterocycles. The van der Waals surface area contributed by atoms with E-state index in [0.717, 1.165) is 12.1 Å². The number of rotatable bonds is 2. The molecule has 2 aromatic rings. The minimum atomic E-state index is -0.900. The smallest absolute Gasteiger partial charge is 0.257 e. The lowest BCUT2D eigenvalue weighted by Crippen LogP contribution is -2.15. The van der Waals surface area contributed by atoms with Crippen LogP contribution in [0.3, 0.4) is 0 Å². The molecule has 0 fully saturated rings. The fourth-order valence-electron chi connectivity index (χ4n) is 1.52. The quantitative estimate of drug-likeness (QED) is 0.753. The van der Waals surface area contributed by atoms with Crippen LogP contribution >= 0.6 is 39.1 Å². The maximum absolute atomic E-state index is 13.6. The Hall–Kier alpha value is -1.17. The second-order valence-corrected chi connectivity index (χ2v) is 5.50. The topological polar surface area (TPSA) is 29.1 Å². The Bertz CT molecular complexity index is 671. The molecule has 0 spiro atoms. The van der Waals surface area contributed by atoms with E-state index >= 15 is 0 Å². The van der Waals surface area contributed by atoms with Crippen LogP contribution in [0.1, 0.15) is 10.4 Å². The number of nitrogens with one attached hydrogen (secondary N) is 1. The number of benzene rings is 2. The maximum atomic E-state index is 13.6. The normalized spacial score (nSPS) is 10.4. The molecule has 0 aliphatic rings. The van der Waals surface area contributed by atoms with Crippen molar-refractivity contribution in [3.05, 3.63) is 62.0 Å². The van der Waals surface area contributed by atoms with Gasteiger partial charge in [-0.25, -0.2) is 8.78 Å². The Kier molecular flexibility index (Phi) is 4.62. The van der Waals surface area contributed by atoms with E-state index in [4.69, 9.17) is 23.2 Å². The van der Waals surface area contributed by atoms with Crippen LogP contribution in [0.25, 0.3) is 0 Å². The molecule has 2 rings (SSSR count). The van der Waals surface area contributed by atoms with E-state index in [0.29, 0.717) is 0 Å². The standard InChI is InChI=1S/C13H6BrCl2F2NO/c14-6-4-9(17)12(10(18)5-6)19-13(20)7-2-1-3-8(15)11(7)16/h1-5H,(H,19,20). The number of halogens is 5. The predicted octanol–water partition coefficient (Wildman–Crippen LogP) is 5.29. The summed E-state index contributed by atoms with van der Waals surface area (Å²) in [6.07, 6.45) is 0. The first-order chi connectivity index (χ1) is 9.40. The fourth-order valence-corrected chi connectivity index (χ4v) is 2.31. The number of carbonyl (C=O) groups is 1. The van der Waals surface area contributed by atoms with Gasteiger partial charge in [0.05, 0.1) is 15.6 Å². The molecule has 0 saturated carbocycles. The SMILES string of the molecule is O=C(Nc1c(F)cc(Br)cc1F)c1cccc(Cl)c1Cl. The molecule has 104 valence electrons. The van der Waals surface area contributed by atoms with Gasteiger partial charge in [-0.1, -0.05) is 45.2 Å². The van der Waals surface area contributed by atoms with Crippen molar-refractivity contribution < 1.29 is 13.6 Å². The number of hydrogen-bond acceptors (Lipinski definition) is 1. The molecule has 1 N–H and O–H groups in total. The number of amides is 1. The first kappa shape index (κ1) is 15.2. The molecular formula is C13H6BrCl2F2NO. The van der Waals surface area contributed by atoms with Gasteiger partial charge >= 0.3 is 0 Å². The van der Waals surface area contributed by atoms with E-state index in [1.165, 1.54) is 18.2 Å². The van der Waals surface area contributed by atoms with Crippen LogP contribution in [-0.4, -0.2) is 5.91 Å². The summed E-state index contributed by atoms with van der Waals surface area (Å²) >= 11 is 14.6. The Morgan fingerprint density at radius 2 is 1.75 bits per heavy atom. The molecule has 2 nitrogen and oxygen atoms in total. The molecule has 7 heteroatoms. The second-order valence-electron chi connectivity index (χ2n) is 3.80. The van der Waals surface area contributed by atoms with Crippen molar-refractivity contribution in [2.45, 2.75) is 0 Å². The minimum absolute atomic E-state index is 0.0181. The predicted molar refractivity (Wildman–Crippen MR) is 78.5 cm³/mol. The van der Waals surface area contributed by atoms with Crippen LogP contribution in [-0.2, 0) is 0 Å². The summed E-state index contributed by atoms with van der Waals surface area (Å²) in [6.45, 7) is 0. The molecule has 0 radical (unpaired) electrons. The van der Waals surface area contributed by atoms with Crippen LogP contribution in [0.4, 0.5) is 14.5 Å². The zero-order valence-electron chi connectivity index (χ0n) is 9.68. The summed E-state index contributed by atoms with van der Waals surface area (Å²) in [6, 6.07) is 6.49. The zero-order chi connectivity index (χ0) is 14.9. The molecule has 20 heavy (non-hydrogen) atoms. The molecule has 0 heterocycles. The first-order valence-electron chi connectivity index (χ1n) is 5.30. The third-order valence-corrected chi connectivity index (χ3v) is 3.72. The Labute approximate surface area is 131 Å². The number of carbonyl (C=O) groups excluding carboxylic acids is 1. The zero-order valence-corrected chi connectivity index (χ0v) is 12.8. The molecule has 0 bridgehead atoms. The second kappa shape index (κ2) is 6.08. The summed E-state index contributed by atoms with van der Waals surface area (Å²) in [5, 5.41) is 2.33. The Morgan fingerprint density at radius 3 is 2.35 bits per heavy atom. The lowest BCUT2D eigenvalue weighted by molar-refractivity contribution is 0.102. The van der Waals surface area contributed by atoms with E-state index in [1.807, 2.05) is 0 Å². The summed E-state index contributed by atoms with van der Waals surface area (Å²) < 4.78 is 27.5. The molecule has 0 aromatic heterocycles. The van der Waals surface area contributed by atoms with Gasteiger partial charge in [-0.15, -0.1) is 0 Å². The van der Waals surface area contributed by atoms with Crippen molar-refractivity contribution in [2.75, 3.05) is 5.32 Å². The van der Waals surface area contributed by atoms with Crippen LogP contribution in [0.15, 0.2) is 34.8 Å². The van der Waals surface area contributed by atoms with Gasteiger partial charge in [0.2, 0.25) is 0 Å². The Morgan fingerprint density at radius 1 is 1.15 bits per heavy atom. The van der Waals surface area contributed by atoms with Gasteiger partial charge in [0.25, 0.3) is 5.91 Å². The van der Waals surface area contributed by atoms with Gasteiger partial charge in [-0.05, 0) is 24.3 Å². The molecule has 0 unspecified atom stereocenters. The molecular weight excluding hydrogens is 375 g/mol. The van der Waals surface area contributed by atoms with Crippen molar-refractivity contribution in [1.29, 1.82) is 0 Å². The highest BCUT2D eigenvalue weighted by Gasteiger charge is 2.17. The molecule has 0 atom stereocenters. The summed E-state index contributed by atoms with van der Waals surface area (Å²) in [5.74, 6) is -2.55. The first-order valence-corrected chi connectivity index (χ1v) is 6.85.